The van der Waals surface area contributed by atoms with Crippen LogP contribution in [0.3, 0.4) is 0 Å². The fourth-order valence-corrected chi connectivity index (χ4v) is 2.53. The quantitative estimate of drug-likeness (QED) is 0.878. The first-order valence-electron chi connectivity index (χ1n) is 7.02. The molecular formula is C16H16F2N2O4S. The van der Waals surface area contributed by atoms with Crippen molar-refractivity contribution < 1.29 is 26.7 Å². The lowest BCUT2D eigenvalue weighted by atomic mass is 10.1. The normalized spacial score (nSPS) is 11.1. The number of hydrogen-bond acceptors (Lipinski definition) is 4. The maximum atomic E-state index is 13.3. The summed E-state index contributed by atoms with van der Waals surface area (Å²) in [6.07, 6.45) is 1.03. The zero-order valence-electron chi connectivity index (χ0n) is 13.7. The van der Waals surface area contributed by atoms with Gasteiger partial charge >= 0.3 is 0 Å². The van der Waals surface area contributed by atoms with E-state index in [0.29, 0.717) is 0 Å². The van der Waals surface area contributed by atoms with Gasteiger partial charge in [0.25, 0.3) is 5.91 Å². The minimum absolute atomic E-state index is 0.0419. The monoisotopic (exact) mass is 370 g/mol. The molecule has 1 amide bonds. The molecule has 0 saturated carbocycles. The largest absolute Gasteiger partial charge is 0.496 e. The van der Waals surface area contributed by atoms with E-state index in [-0.39, 0.29) is 22.7 Å². The van der Waals surface area contributed by atoms with E-state index in [1.165, 1.54) is 38.4 Å². The van der Waals surface area contributed by atoms with Gasteiger partial charge in [0.15, 0.2) is 11.6 Å². The lowest BCUT2D eigenvalue weighted by Crippen LogP contribution is -2.25. The Balaban J connectivity index is 2.38. The van der Waals surface area contributed by atoms with E-state index in [0.717, 1.165) is 22.7 Å². The van der Waals surface area contributed by atoms with Crippen LogP contribution in [-0.4, -0.2) is 34.7 Å². The Bertz CT molecular complexity index is 916. The summed E-state index contributed by atoms with van der Waals surface area (Å²) >= 11 is 0. The van der Waals surface area contributed by atoms with Crippen molar-refractivity contribution in [1.29, 1.82) is 0 Å². The molecule has 0 spiro atoms. The Morgan fingerprint density at radius 2 is 1.80 bits per heavy atom. The van der Waals surface area contributed by atoms with Crippen LogP contribution < -0.4 is 14.4 Å². The number of carbonyl (C=O) groups is 1. The van der Waals surface area contributed by atoms with Gasteiger partial charge in [0, 0.05) is 18.8 Å². The van der Waals surface area contributed by atoms with E-state index >= 15 is 0 Å². The number of anilines is 2. The third-order valence-electron chi connectivity index (χ3n) is 3.47. The van der Waals surface area contributed by atoms with E-state index in [4.69, 9.17) is 4.74 Å². The second-order valence-electron chi connectivity index (χ2n) is 5.20. The molecule has 25 heavy (non-hydrogen) atoms. The van der Waals surface area contributed by atoms with Crippen LogP contribution in [0.5, 0.6) is 5.75 Å². The van der Waals surface area contributed by atoms with Crippen molar-refractivity contribution in [1.82, 2.24) is 0 Å². The van der Waals surface area contributed by atoms with Crippen LogP contribution in [-0.2, 0) is 10.0 Å². The highest BCUT2D eigenvalue weighted by molar-refractivity contribution is 7.92. The van der Waals surface area contributed by atoms with Crippen LogP contribution in [0.25, 0.3) is 0 Å². The molecule has 0 aliphatic carbocycles. The molecule has 0 atom stereocenters. The summed E-state index contributed by atoms with van der Waals surface area (Å²) in [7, 11) is -0.825. The number of halogens is 2. The number of hydrogen-bond donors (Lipinski definition) is 1. The van der Waals surface area contributed by atoms with Crippen molar-refractivity contribution in [2.75, 3.05) is 30.0 Å². The Labute approximate surface area is 144 Å². The molecule has 0 bridgehead atoms. The lowest BCUT2D eigenvalue weighted by Gasteiger charge is -2.18. The third-order valence-corrected chi connectivity index (χ3v) is 4.67. The first kappa shape index (κ1) is 18.7. The van der Waals surface area contributed by atoms with Gasteiger partial charge in [0.2, 0.25) is 10.0 Å². The third kappa shape index (κ3) is 4.24. The SMILES string of the molecule is COc1ccc(N(C)S(C)(=O)=O)cc1C(=O)Nc1ccc(F)c(F)c1. The zero-order chi connectivity index (χ0) is 18.8. The number of nitrogens with one attached hydrogen (secondary N) is 1. The lowest BCUT2D eigenvalue weighted by molar-refractivity contribution is 0.102. The molecule has 2 aromatic rings. The number of rotatable bonds is 5. The highest BCUT2D eigenvalue weighted by Crippen LogP contribution is 2.26. The average Bonchev–Trinajstić information content (AvgIpc) is 2.56. The molecule has 6 nitrogen and oxygen atoms in total. The standard InChI is InChI=1S/C16H16F2N2O4S/c1-20(25(3,22)23)11-5-7-15(24-2)12(9-11)16(21)19-10-4-6-13(17)14(18)8-10/h4-9H,1-3H3,(H,19,21). The Morgan fingerprint density at radius 3 is 2.36 bits per heavy atom. The van der Waals surface area contributed by atoms with Crippen LogP contribution in [0.15, 0.2) is 36.4 Å². The van der Waals surface area contributed by atoms with Gasteiger partial charge < -0.3 is 10.1 Å². The number of amides is 1. The molecule has 0 unspecified atom stereocenters. The fourth-order valence-electron chi connectivity index (χ4n) is 2.03. The number of ether oxygens (including phenoxy) is 1. The number of benzene rings is 2. The molecule has 0 heterocycles. The van der Waals surface area contributed by atoms with Crippen molar-refractivity contribution in [2.45, 2.75) is 0 Å². The van der Waals surface area contributed by atoms with Gasteiger partial charge in [0.1, 0.15) is 5.75 Å². The molecule has 2 aromatic carbocycles. The highest BCUT2D eigenvalue weighted by Gasteiger charge is 2.18. The Morgan fingerprint density at radius 1 is 1.12 bits per heavy atom. The summed E-state index contributed by atoms with van der Waals surface area (Å²) in [5.41, 5.74) is 0.340. The molecule has 0 aromatic heterocycles. The predicted molar refractivity (Wildman–Crippen MR) is 90.6 cm³/mol. The number of methoxy groups -OCH3 is 1. The fraction of sp³-hybridized carbons (Fsp3) is 0.188. The van der Waals surface area contributed by atoms with Crippen molar-refractivity contribution in [3.63, 3.8) is 0 Å². The maximum absolute atomic E-state index is 13.3. The first-order valence-corrected chi connectivity index (χ1v) is 8.86. The summed E-state index contributed by atoms with van der Waals surface area (Å²) in [5.74, 6) is -2.60. The molecule has 2 rings (SSSR count). The number of nitrogens with zero attached hydrogens (tertiary/aromatic N) is 1. The molecule has 1 N–H and O–H groups in total. The maximum Gasteiger partial charge on any atom is 0.259 e. The van der Waals surface area contributed by atoms with E-state index < -0.39 is 27.6 Å². The zero-order valence-corrected chi connectivity index (χ0v) is 14.5. The van der Waals surface area contributed by atoms with Gasteiger partial charge in [0.05, 0.1) is 24.6 Å². The van der Waals surface area contributed by atoms with Gasteiger partial charge in [-0.05, 0) is 30.3 Å². The van der Waals surface area contributed by atoms with Gasteiger partial charge in [-0.2, -0.15) is 0 Å². The Hall–Kier alpha value is -2.68. The smallest absolute Gasteiger partial charge is 0.259 e. The van der Waals surface area contributed by atoms with E-state index in [2.05, 4.69) is 5.32 Å². The minimum atomic E-state index is -3.52. The van der Waals surface area contributed by atoms with E-state index in [9.17, 15) is 22.0 Å². The number of sulfonamides is 1. The molecule has 134 valence electrons. The van der Waals surface area contributed by atoms with E-state index in [1.54, 1.807) is 0 Å². The average molecular weight is 370 g/mol. The van der Waals surface area contributed by atoms with Crippen LogP contribution >= 0.6 is 0 Å². The van der Waals surface area contributed by atoms with Gasteiger partial charge in [-0.1, -0.05) is 0 Å². The molecule has 9 heteroatoms. The molecular weight excluding hydrogens is 354 g/mol. The van der Waals surface area contributed by atoms with Crippen LogP contribution in [0.4, 0.5) is 20.2 Å². The summed E-state index contributed by atoms with van der Waals surface area (Å²) in [5, 5.41) is 2.41. The minimum Gasteiger partial charge on any atom is -0.496 e. The van der Waals surface area contributed by atoms with Crippen molar-refractivity contribution in [3.8, 4) is 5.75 Å². The van der Waals surface area contributed by atoms with Crippen molar-refractivity contribution in [2.24, 2.45) is 0 Å². The summed E-state index contributed by atoms with van der Waals surface area (Å²) < 4.78 is 55.6. The van der Waals surface area contributed by atoms with Gasteiger partial charge in [-0.25, -0.2) is 17.2 Å². The molecule has 0 aliphatic rings. The molecule has 0 fully saturated rings. The second-order valence-corrected chi connectivity index (χ2v) is 7.21. The van der Waals surface area contributed by atoms with Crippen molar-refractivity contribution >= 4 is 27.3 Å². The van der Waals surface area contributed by atoms with Gasteiger partial charge in [-0.15, -0.1) is 0 Å². The van der Waals surface area contributed by atoms with E-state index in [1.807, 2.05) is 0 Å². The summed E-state index contributed by atoms with van der Waals surface area (Å²) in [6.45, 7) is 0. The number of carbonyl (C=O) groups excluding carboxylic acids is 1. The molecule has 0 radical (unpaired) electrons. The first-order chi connectivity index (χ1) is 11.6. The Kier molecular flexibility index (Phi) is 5.27. The van der Waals surface area contributed by atoms with Crippen LogP contribution in [0, 0.1) is 11.6 Å². The molecule has 0 aliphatic heterocycles. The van der Waals surface area contributed by atoms with Gasteiger partial charge in [-0.3, -0.25) is 9.10 Å². The second kappa shape index (κ2) is 7.06. The highest BCUT2D eigenvalue weighted by atomic mass is 32.2. The molecule has 0 saturated heterocycles. The topological polar surface area (TPSA) is 75.7 Å². The summed E-state index contributed by atoms with van der Waals surface area (Å²) in [4.78, 5) is 12.4. The van der Waals surface area contributed by atoms with Crippen LogP contribution in [0.1, 0.15) is 10.4 Å². The van der Waals surface area contributed by atoms with Crippen molar-refractivity contribution in [3.05, 3.63) is 53.6 Å². The predicted octanol–water partition coefficient (Wildman–Crippen LogP) is 2.62. The van der Waals surface area contributed by atoms with Crippen LogP contribution in [0.2, 0.25) is 0 Å². The summed E-state index contributed by atoms with van der Waals surface area (Å²) in [6, 6.07) is 7.18.